The van der Waals surface area contributed by atoms with Gasteiger partial charge in [0.25, 0.3) is 5.92 Å². The number of carbonyl (C=O) groups excluding carboxylic acids is 1. The molecule has 1 aliphatic carbocycles. The number of nitrogens with zero attached hydrogens (tertiary/aromatic N) is 2. The van der Waals surface area contributed by atoms with Crippen molar-refractivity contribution in [1.29, 1.82) is 0 Å². The van der Waals surface area contributed by atoms with Crippen molar-refractivity contribution in [2.45, 2.75) is 44.2 Å². The monoisotopic (exact) mass is 418 g/mol. The van der Waals surface area contributed by atoms with Gasteiger partial charge in [-0.05, 0) is 37.0 Å². The number of aliphatic hydroxyl groups is 1. The van der Waals surface area contributed by atoms with Crippen LogP contribution in [0.4, 0.5) is 23.7 Å². The van der Waals surface area contributed by atoms with Crippen molar-refractivity contribution in [2.24, 2.45) is 5.92 Å². The van der Waals surface area contributed by atoms with Gasteiger partial charge in [-0.15, -0.1) is 0 Å². The maximum atomic E-state index is 14.9. The van der Waals surface area contributed by atoms with Crippen molar-refractivity contribution in [2.75, 3.05) is 11.9 Å². The van der Waals surface area contributed by atoms with E-state index in [0.29, 0.717) is 13.3 Å². The highest BCUT2D eigenvalue weighted by atomic mass is 19.3. The predicted octanol–water partition coefficient (Wildman–Crippen LogP) is 3.00. The molecule has 0 saturated heterocycles. The van der Waals surface area contributed by atoms with Crippen LogP contribution >= 0.6 is 0 Å². The van der Waals surface area contributed by atoms with E-state index in [-0.39, 0.29) is 35.9 Å². The molecule has 3 N–H and O–H groups in total. The van der Waals surface area contributed by atoms with E-state index in [2.05, 4.69) is 27.6 Å². The third-order valence-corrected chi connectivity index (χ3v) is 5.26. The molecule has 1 saturated carbocycles. The molecule has 1 aromatic carbocycles. The maximum absolute atomic E-state index is 14.9. The van der Waals surface area contributed by atoms with Gasteiger partial charge >= 0.3 is 6.03 Å². The molecule has 0 spiro atoms. The number of anilines is 1. The lowest BCUT2D eigenvalue weighted by Gasteiger charge is -2.40. The fraction of sp³-hybridized carbons (Fsp3) is 0.429. The summed E-state index contributed by atoms with van der Waals surface area (Å²) in [5.74, 6) is 1.23. The van der Waals surface area contributed by atoms with Crippen LogP contribution in [0.3, 0.4) is 0 Å². The van der Waals surface area contributed by atoms with E-state index in [4.69, 9.17) is 5.11 Å². The molecule has 0 radical (unpaired) electrons. The van der Waals surface area contributed by atoms with Gasteiger partial charge in [-0.3, -0.25) is 4.68 Å². The first kappa shape index (κ1) is 20.3. The van der Waals surface area contributed by atoms with Crippen LogP contribution in [0.2, 0.25) is 0 Å². The largest absolute Gasteiger partial charge is 0.396 e. The average Bonchev–Trinajstić information content (AvgIpc) is 3.39. The summed E-state index contributed by atoms with van der Waals surface area (Å²) < 4.78 is 45.9. The standard InChI is InChI=1S/C21H21F3N4O2/c1-20(23,24)21(6-4-13-2-3-13)16-9-17(22)15(8-18(16)26-19(30)27-21)12-28-11-14(5-7-29)10-25-28/h8-11,13,29H,2-3,5,7,12H2,1H3,(H2,26,27,30)/t21-/m0/s1. The number of aliphatic hydroxyl groups excluding tert-OH is 1. The van der Waals surface area contributed by atoms with Crippen LogP contribution < -0.4 is 10.6 Å². The van der Waals surface area contributed by atoms with E-state index in [9.17, 15) is 18.0 Å². The van der Waals surface area contributed by atoms with Crippen LogP contribution in [0.5, 0.6) is 0 Å². The Balaban J connectivity index is 1.75. The molecular weight excluding hydrogens is 397 g/mol. The maximum Gasteiger partial charge on any atom is 0.320 e. The molecule has 0 bridgehead atoms. The second-order valence-corrected chi connectivity index (χ2v) is 7.77. The Hall–Kier alpha value is -2.99. The highest BCUT2D eigenvalue weighted by Gasteiger charge is 2.55. The summed E-state index contributed by atoms with van der Waals surface area (Å²) in [6, 6.07) is 1.53. The summed E-state index contributed by atoms with van der Waals surface area (Å²) in [6.07, 6.45) is 5.30. The topological polar surface area (TPSA) is 79.2 Å². The Bertz CT molecular complexity index is 1050. The van der Waals surface area contributed by atoms with Crippen LogP contribution in [0.15, 0.2) is 24.5 Å². The number of hydrogen-bond acceptors (Lipinski definition) is 3. The van der Waals surface area contributed by atoms with Gasteiger partial charge in [0.1, 0.15) is 5.82 Å². The molecule has 1 aliphatic heterocycles. The van der Waals surface area contributed by atoms with Crippen molar-refractivity contribution in [3.8, 4) is 11.8 Å². The minimum Gasteiger partial charge on any atom is -0.396 e. The molecule has 0 unspecified atom stereocenters. The van der Waals surface area contributed by atoms with E-state index in [0.717, 1.165) is 24.5 Å². The van der Waals surface area contributed by atoms with Gasteiger partial charge in [0, 0.05) is 42.5 Å². The van der Waals surface area contributed by atoms with Gasteiger partial charge in [-0.25, -0.2) is 18.0 Å². The minimum absolute atomic E-state index is 0.0246. The molecule has 2 aromatic rings. The lowest BCUT2D eigenvalue weighted by atomic mass is 9.81. The summed E-state index contributed by atoms with van der Waals surface area (Å²) in [5.41, 5.74) is -1.37. The third-order valence-electron chi connectivity index (χ3n) is 5.26. The van der Waals surface area contributed by atoms with Crippen molar-refractivity contribution >= 4 is 11.7 Å². The Morgan fingerprint density at radius 2 is 2.17 bits per heavy atom. The molecule has 158 valence electrons. The molecular formula is C21H21F3N4O2. The minimum atomic E-state index is -3.45. The molecule has 2 aliphatic rings. The van der Waals surface area contributed by atoms with E-state index in [1.165, 1.54) is 10.7 Å². The van der Waals surface area contributed by atoms with Gasteiger partial charge in [0.05, 0.1) is 12.7 Å². The number of rotatable bonds is 5. The molecule has 2 heterocycles. The number of halogens is 3. The number of benzene rings is 1. The Morgan fingerprint density at radius 3 is 2.83 bits per heavy atom. The summed E-state index contributed by atoms with van der Waals surface area (Å²) in [6.45, 7) is 0.673. The van der Waals surface area contributed by atoms with Gasteiger partial charge in [-0.1, -0.05) is 11.8 Å². The van der Waals surface area contributed by atoms with E-state index >= 15 is 0 Å². The summed E-state index contributed by atoms with van der Waals surface area (Å²) in [5, 5.41) is 17.8. The van der Waals surface area contributed by atoms with Crippen LogP contribution in [-0.4, -0.2) is 33.4 Å². The number of carbonyl (C=O) groups is 1. The van der Waals surface area contributed by atoms with Crippen LogP contribution in [-0.2, 0) is 18.5 Å². The lowest BCUT2D eigenvalue weighted by Crippen LogP contribution is -2.59. The predicted molar refractivity (Wildman–Crippen MR) is 103 cm³/mol. The Morgan fingerprint density at radius 1 is 1.40 bits per heavy atom. The van der Waals surface area contributed by atoms with Gasteiger partial charge in [0.2, 0.25) is 0 Å². The number of hydrogen-bond donors (Lipinski definition) is 3. The zero-order chi connectivity index (χ0) is 21.5. The molecule has 4 rings (SSSR count). The fourth-order valence-electron chi connectivity index (χ4n) is 3.46. The zero-order valence-corrected chi connectivity index (χ0v) is 16.3. The third kappa shape index (κ3) is 3.75. The van der Waals surface area contributed by atoms with Crippen molar-refractivity contribution in [3.63, 3.8) is 0 Å². The van der Waals surface area contributed by atoms with Gasteiger partial charge < -0.3 is 15.7 Å². The van der Waals surface area contributed by atoms with E-state index in [1.807, 2.05) is 0 Å². The number of fused-ring (bicyclic) bond motifs is 1. The molecule has 1 aromatic heterocycles. The van der Waals surface area contributed by atoms with Crippen LogP contribution in [0.1, 0.15) is 36.5 Å². The second-order valence-electron chi connectivity index (χ2n) is 7.77. The van der Waals surface area contributed by atoms with Crippen LogP contribution in [0, 0.1) is 23.6 Å². The molecule has 9 heteroatoms. The number of urea groups is 1. The normalized spacial score (nSPS) is 20.6. The smallest absolute Gasteiger partial charge is 0.320 e. The molecule has 6 nitrogen and oxygen atoms in total. The lowest BCUT2D eigenvalue weighted by molar-refractivity contribution is -0.0465. The number of alkyl halides is 2. The Kier molecular flexibility index (Phi) is 4.98. The molecule has 1 atom stereocenters. The highest BCUT2D eigenvalue weighted by molar-refractivity contribution is 5.95. The zero-order valence-electron chi connectivity index (χ0n) is 16.3. The summed E-state index contributed by atoms with van der Waals surface area (Å²) in [4.78, 5) is 12.2. The van der Waals surface area contributed by atoms with Crippen LogP contribution in [0.25, 0.3) is 0 Å². The fourth-order valence-corrected chi connectivity index (χ4v) is 3.46. The van der Waals surface area contributed by atoms with Gasteiger partial charge in [0.15, 0.2) is 5.54 Å². The first-order valence-corrected chi connectivity index (χ1v) is 9.66. The highest BCUT2D eigenvalue weighted by Crippen LogP contribution is 2.44. The van der Waals surface area contributed by atoms with E-state index in [1.54, 1.807) is 12.4 Å². The van der Waals surface area contributed by atoms with E-state index < -0.39 is 23.3 Å². The average molecular weight is 418 g/mol. The SMILES string of the molecule is CC(F)(F)[C@@]1(C#CC2CC2)NC(=O)Nc2cc(Cn3cc(CCO)cn3)c(F)cc21. The number of aromatic nitrogens is 2. The van der Waals surface area contributed by atoms with Gasteiger partial charge in [-0.2, -0.15) is 5.10 Å². The first-order chi connectivity index (χ1) is 14.2. The van der Waals surface area contributed by atoms with Crippen molar-refractivity contribution in [1.82, 2.24) is 15.1 Å². The Labute approximate surface area is 171 Å². The first-order valence-electron chi connectivity index (χ1n) is 9.66. The summed E-state index contributed by atoms with van der Waals surface area (Å²) in [7, 11) is 0. The number of amides is 2. The summed E-state index contributed by atoms with van der Waals surface area (Å²) >= 11 is 0. The van der Waals surface area contributed by atoms with Crippen molar-refractivity contribution < 1.29 is 23.1 Å². The van der Waals surface area contributed by atoms with Crippen molar-refractivity contribution in [3.05, 3.63) is 47.0 Å². The number of nitrogens with one attached hydrogen (secondary N) is 2. The molecule has 30 heavy (non-hydrogen) atoms. The second kappa shape index (κ2) is 7.36. The molecule has 2 amide bonds. The molecule has 1 fully saturated rings. The quantitative estimate of drug-likeness (QED) is 0.654.